The van der Waals surface area contributed by atoms with E-state index in [1.54, 1.807) is 0 Å². The van der Waals surface area contributed by atoms with Gasteiger partial charge >= 0.3 is 0 Å². The van der Waals surface area contributed by atoms with Gasteiger partial charge in [0.25, 0.3) is 0 Å². The number of carbonyl (C=O) groups excluding carboxylic acids is 1. The molecule has 0 bridgehead atoms. The molecule has 0 saturated carbocycles. The molecule has 0 heterocycles. The van der Waals surface area contributed by atoms with Crippen molar-refractivity contribution in [3.63, 3.8) is 0 Å². The summed E-state index contributed by atoms with van der Waals surface area (Å²) in [5.74, 6) is 0.760. The summed E-state index contributed by atoms with van der Waals surface area (Å²) < 4.78 is 0. The number of thiol groups is 1. The van der Waals surface area contributed by atoms with Crippen LogP contribution in [0.15, 0.2) is 0 Å². The highest BCUT2D eigenvalue weighted by Gasteiger charge is 1.96. The molecule has 2 nitrogen and oxygen atoms in total. The smallest absolute Gasteiger partial charge is 0.220 e. The SMILES string of the molecule is CCCCCNC(=O)CCS. The van der Waals surface area contributed by atoms with Crippen LogP contribution in [-0.4, -0.2) is 18.2 Å². The topological polar surface area (TPSA) is 29.1 Å². The number of hydrogen-bond donors (Lipinski definition) is 2. The van der Waals surface area contributed by atoms with Gasteiger partial charge in [-0.1, -0.05) is 19.8 Å². The number of unbranched alkanes of at least 4 members (excludes halogenated alkanes) is 2. The van der Waals surface area contributed by atoms with Crippen LogP contribution in [0.25, 0.3) is 0 Å². The highest BCUT2D eigenvalue weighted by atomic mass is 32.1. The largest absolute Gasteiger partial charge is 0.356 e. The zero-order valence-corrected chi connectivity index (χ0v) is 7.99. The third-order valence-corrected chi connectivity index (χ3v) is 1.66. The molecule has 0 unspecified atom stereocenters. The Hall–Kier alpha value is -0.180. The molecule has 1 N–H and O–H groups in total. The summed E-state index contributed by atoms with van der Waals surface area (Å²) in [5, 5.41) is 2.83. The fraction of sp³-hybridized carbons (Fsp3) is 0.875. The first kappa shape index (κ1) is 10.8. The summed E-state index contributed by atoms with van der Waals surface area (Å²) >= 11 is 3.96. The van der Waals surface area contributed by atoms with Crippen molar-refractivity contribution >= 4 is 18.5 Å². The molecule has 0 aromatic carbocycles. The Labute approximate surface area is 74.2 Å². The fourth-order valence-electron chi connectivity index (χ4n) is 0.793. The van der Waals surface area contributed by atoms with E-state index in [1.807, 2.05) is 0 Å². The van der Waals surface area contributed by atoms with Gasteiger partial charge < -0.3 is 5.32 Å². The van der Waals surface area contributed by atoms with Crippen molar-refractivity contribution < 1.29 is 4.79 Å². The fourth-order valence-corrected chi connectivity index (χ4v) is 0.996. The lowest BCUT2D eigenvalue weighted by atomic mass is 10.2. The van der Waals surface area contributed by atoms with Crippen LogP contribution in [-0.2, 0) is 4.79 Å². The summed E-state index contributed by atoms with van der Waals surface area (Å²) in [6.07, 6.45) is 4.02. The maximum absolute atomic E-state index is 10.8. The lowest BCUT2D eigenvalue weighted by molar-refractivity contribution is -0.120. The molecule has 0 atom stereocenters. The van der Waals surface area contributed by atoms with Gasteiger partial charge in [-0.05, 0) is 12.2 Å². The summed E-state index contributed by atoms with van der Waals surface area (Å²) in [4.78, 5) is 10.8. The van der Waals surface area contributed by atoms with Gasteiger partial charge in [0.15, 0.2) is 0 Å². The van der Waals surface area contributed by atoms with E-state index in [2.05, 4.69) is 24.9 Å². The first-order valence-corrected chi connectivity index (χ1v) is 4.82. The van der Waals surface area contributed by atoms with Crippen LogP contribution < -0.4 is 5.32 Å². The van der Waals surface area contributed by atoms with E-state index < -0.39 is 0 Å². The van der Waals surface area contributed by atoms with E-state index in [4.69, 9.17) is 0 Å². The van der Waals surface area contributed by atoms with Crippen LogP contribution >= 0.6 is 12.6 Å². The van der Waals surface area contributed by atoms with Crippen LogP contribution in [0.5, 0.6) is 0 Å². The first-order chi connectivity index (χ1) is 5.31. The van der Waals surface area contributed by atoms with Gasteiger partial charge in [-0.15, -0.1) is 0 Å². The van der Waals surface area contributed by atoms with Gasteiger partial charge in [0.1, 0.15) is 0 Å². The van der Waals surface area contributed by atoms with Crippen molar-refractivity contribution in [3.8, 4) is 0 Å². The zero-order valence-electron chi connectivity index (χ0n) is 7.10. The molecular weight excluding hydrogens is 158 g/mol. The van der Waals surface area contributed by atoms with Crippen molar-refractivity contribution in [1.29, 1.82) is 0 Å². The van der Waals surface area contributed by atoms with Crippen LogP contribution in [0.2, 0.25) is 0 Å². The highest BCUT2D eigenvalue weighted by molar-refractivity contribution is 7.80. The summed E-state index contributed by atoms with van der Waals surface area (Å²) in [5.41, 5.74) is 0. The Morgan fingerprint density at radius 2 is 2.18 bits per heavy atom. The normalized spacial score (nSPS) is 9.64. The predicted octanol–water partition coefficient (Wildman–Crippen LogP) is 1.61. The van der Waals surface area contributed by atoms with Crippen molar-refractivity contribution in [3.05, 3.63) is 0 Å². The van der Waals surface area contributed by atoms with Crippen LogP contribution in [0.3, 0.4) is 0 Å². The van der Waals surface area contributed by atoms with E-state index in [-0.39, 0.29) is 5.91 Å². The quantitative estimate of drug-likeness (QED) is 0.466. The molecule has 0 aromatic heterocycles. The Kier molecular flexibility index (Phi) is 7.79. The molecule has 0 aliphatic heterocycles. The molecule has 0 aliphatic rings. The number of carbonyl (C=O) groups is 1. The van der Waals surface area contributed by atoms with Crippen LogP contribution in [0, 0.1) is 0 Å². The number of hydrogen-bond acceptors (Lipinski definition) is 2. The van der Waals surface area contributed by atoms with Crippen molar-refractivity contribution in [1.82, 2.24) is 5.32 Å². The molecule has 66 valence electrons. The molecule has 0 aromatic rings. The number of nitrogens with one attached hydrogen (secondary N) is 1. The Balaban J connectivity index is 3.04. The van der Waals surface area contributed by atoms with E-state index >= 15 is 0 Å². The molecular formula is C8H17NOS. The van der Waals surface area contributed by atoms with E-state index in [0.717, 1.165) is 13.0 Å². The second-order valence-electron chi connectivity index (χ2n) is 2.53. The average molecular weight is 175 g/mol. The van der Waals surface area contributed by atoms with Crippen molar-refractivity contribution in [2.75, 3.05) is 12.3 Å². The van der Waals surface area contributed by atoms with Gasteiger partial charge in [-0.2, -0.15) is 12.6 Å². The van der Waals surface area contributed by atoms with E-state index in [1.165, 1.54) is 12.8 Å². The Bertz CT molecular complexity index is 106. The minimum Gasteiger partial charge on any atom is -0.356 e. The van der Waals surface area contributed by atoms with Crippen molar-refractivity contribution in [2.45, 2.75) is 32.6 Å². The molecule has 3 heteroatoms. The van der Waals surface area contributed by atoms with Gasteiger partial charge in [-0.3, -0.25) is 4.79 Å². The average Bonchev–Trinajstić information content (AvgIpc) is 1.99. The molecule has 1 amide bonds. The third kappa shape index (κ3) is 7.72. The Morgan fingerprint density at radius 3 is 2.73 bits per heavy atom. The van der Waals surface area contributed by atoms with E-state index in [9.17, 15) is 4.79 Å². The molecule has 0 rings (SSSR count). The summed E-state index contributed by atoms with van der Waals surface area (Å²) in [7, 11) is 0. The molecule has 0 fully saturated rings. The van der Waals surface area contributed by atoms with Crippen LogP contribution in [0.4, 0.5) is 0 Å². The molecule has 0 radical (unpaired) electrons. The standard InChI is InChI=1S/C8H17NOS/c1-2-3-4-6-9-8(10)5-7-11/h11H,2-7H2,1H3,(H,9,10). The number of rotatable bonds is 6. The summed E-state index contributed by atoms with van der Waals surface area (Å²) in [6, 6.07) is 0. The molecule has 0 aliphatic carbocycles. The Morgan fingerprint density at radius 1 is 1.45 bits per heavy atom. The molecule has 0 saturated heterocycles. The second kappa shape index (κ2) is 7.92. The minimum absolute atomic E-state index is 0.121. The monoisotopic (exact) mass is 175 g/mol. The lowest BCUT2D eigenvalue weighted by Gasteiger charge is -2.01. The predicted molar refractivity (Wildman–Crippen MR) is 51.0 cm³/mol. The third-order valence-electron chi connectivity index (χ3n) is 1.44. The lowest BCUT2D eigenvalue weighted by Crippen LogP contribution is -2.24. The highest BCUT2D eigenvalue weighted by Crippen LogP contribution is 1.91. The van der Waals surface area contributed by atoms with Crippen LogP contribution in [0.1, 0.15) is 32.6 Å². The number of amides is 1. The minimum atomic E-state index is 0.121. The van der Waals surface area contributed by atoms with Gasteiger partial charge in [0, 0.05) is 13.0 Å². The second-order valence-corrected chi connectivity index (χ2v) is 2.98. The maximum atomic E-state index is 10.8. The summed E-state index contributed by atoms with van der Waals surface area (Å²) in [6.45, 7) is 2.97. The van der Waals surface area contributed by atoms with Crippen molar-refractivity contribution in [2.24, 2.45) is 0 Å². The van der Waals surface area contributed by atoms with Gasteiger partial charge in [0.2, 0.25) is 5.91 Å². The molecule has 0 spiro atoms. The van der Waals surface area contributed by atoms with Gasteiger partial charge in [0.05, 0.1) is 0 Å². The molecule has 11 heavy (non-hydrogen) atoms. The van der Waals surface area contributed by atoms with Gasteiger partial charge in [-0.25, -0.2) is 0 Å². The zero-order chi connectivity index (χ0) is 8.53. The maximum Gasteiger partial charge on any atom is 0.220 e. The first-order valence-electron chi connectivity index (χ1n) is 4.18. The van der Waals surface area contributed by atoms with E-state index in [0.29, 0.717) is 12.2 Å².